The van der Waals surface area contributed by atoms with Crippen LogP contribution in [0.5, 0.6) is 0 Å². The molecule has 0 amide bonds. The molecule has 0 radical (unpaired) electrons. The maximum atomic E-state index is 5.55. The van der Waals surface area contributed by atoms with E-state index in [4.69, 9.17) is 4.84 Å². The Morgan fingerprint density at radius 3 is 3.33 bits per heavy atom. The van der Waals surface area contributed by atoms with E-state index < -0.39 is 0 Å². The first-order valence-corrected chi connectivity index (χ1v) is 5.99. The third-order valence-corrected chi connectivity index (χ3v) is 4.20. The first-order valence-electron chi connectivity index (χ1n) is 4.94. The van der Waals surface area contributed by atoms with Gasteiger partial charge in [0.1, 0.15) is 0 Å². The molecule has 2 aliphatic heterocycles. The summed E-state index contributed by atoms with van der Waals surface area (Å²) in [6, 6.07) is 0.650. The molecule has 2 saturated heterocycles. The molecule has 2 fully saturated rings. The quantitative estimate of drug-likeness (QED) is 0.729. The zero-order valence-electron chi connectivity index (χ0n) is 7.58. The van der Waals surface area contributed by atoms with Crippen molar-refractivity contribution in [2.24, 2.45) is 0 Å². The Hall–Kier alpha value is 0.270. The van der Waals surface area contributed by atoms with Crippen molar-refractivity contribution < 1.29 is 4.84 Å². The Morgan fingerprint density at radius 2 is 2.50 bits per heavy atom. The number of hydrogen-bond acceptors (Lipinski definition) is 3. The van der Waals surface area contributed by atoms with Crippen molar-refractivity contribution in [3.63, 3.8) is 0 Å². The van der Waals surface area contributed by atoms with E-state index in [9.17, 15) is 0 Å². The van der Waals surface area contributed by atoms with Gasteiger partial charge < -0.3 is 0 Å². The average Bonchev–Trinajstić information content (AvgIpc) is 2.62. The van der Waals surface area contributed by atoms with Gasteiger partial charge in [0.15, 0.2) is 0 Å². The molecule has 2 rings (SSSR count). The number of thioether (sulfide) groups is 1. The molecule has 1 N–H and O–H groups in total. The van der Waals surface area contributed by atoms with E-state index in [1.165, 1.54) is 31.4 Å². The van der Waals surface area contributed by atoms with Gasteiger partial charge in [0.05, 0.1) is 11.4 Å². The van der Waals surface area contributed by atoms with Crippen molar-refractivity contribution in [1.82, 2.24) is 5.48 Å². The minimum absolute atomic E-state index is 0.488. The van der Waals surface area contributed by atoms with Crippen LogP contribution in [0.25, 0.3) is 0 Å². The highest BCUT2D eigenvalue weighted by atomic mass is 32.2. The third kappa shape index (κ3) is 1.63. The topological polar surface area (TPSA) is 21.3 Å². The summed E-state index contributed by atoms with van der Waals surface area (Å²) >= 11 is 2.08. The minimum Gasteiger partial charge on any atom is -0.297 e. The SMILES string of the molecule is CCCC[C@@H]1ON[C@@H]2CCS[C@H]12. The van der Waals surface area contributed by atoms with Crippen LogP contribution in [-0.2, 0) is 4.84 Å². The highest BCUT2D eigenvalue weighted by Crippen LogP contribution is 2.36. The molecule has 2 nitrogen and oxygen atoms in total. The Bertz CT molecular complexity index is 153. The van der Waals surface area contributed by atoms with Crippen LogP contribution in [0, 0.1) is 0 Å². The highest BCUT2D eigenvalue weighted by molar-refractivity contribution is 8.00. The van der Waals surface area contributed by atoms with Crippen molar-refractivity contribution in [2.45, 2.75) is 50.0 Å². The number of unbranched alkanes of at least 4 members (excludes halogenated alkanes) is 1. The number of rotatable bonds is 3. The van der Waals surface area contributed by atoms with Gasteiger partial charge in [-0.3, -0.25) is 4.84 Å². The zero-order chi connectivity index (χ0) is 8.39. The molecule has 0 aromatic heterocycles. The van der Waals surface area contributed by atoms with Crippen LogP contribution in [0.3, 0.4) is 0 Å². The fraction of sp³-hybridized carbons (Fsp3) is 1.00. The number of hydroxylamine groups is 1. The van der Waals surface area contributed by atoms with E-state index in [1.807, 2.05) is 0 Å². The van der Waals surface area contributed by atoms with E-state index in [2.05, 4.69) is 24.2 Å². The van der Waals surface area contributed by atoms with Gasteiger partial charge in [0, 0.05) is 6.04 Å². The van der Waals surface area contributed by atoms with Gasteiger partial charge >= 0.3 is 0 Å². The molecule has 0 unspecified atom stereocenters. The van der Waals surface area contributed by atoms with Crippen LogP contribution in [-0.4, -0.2) is 23.1 Å². The summed E-state index contributed by atoms with van der Waals surface area (Å²) in [6.07, 6.45) is 5.59. The number of fused-ring (bicyclic) bond motifs is 1. The lowest BCUT2D eigenvalue weighted by atomic mass is 10.0. The molecular weight excluding hydrogens is 170 g/mol. The summed E-state index contributed by atoms with van der Waals surface area (Å²) in [6.45, 7) is 2.24. The van der Waals surface area contributed by atoms with Crippen molar-refractivity contribution >= 4 is 11.8 Å². The fourth-order valence-electron chi connectivity index (χ4n) is 1.97. The molecule has 2 heterocycles. The Balaban J connectivity index is 1.83. The monoisotopic (exact) mass is 187 g/mol. The Morgan fingerprint density at radius 1 is 1.58 bits per heavy atom. The second-order valence-electron chi connectivity index (χ2n) is 3.65. The normalized spacial score (nSPS) is 40.2. The molecule has 0 aromatic carbocycles. The predicted molar refractivity (Wildman–Crippen MR) is 52.2 cm³/mol. The van der Waals surface area contributed by atoms with Crippen molar-refractivity contribution in [3.05, 3.63) is 0 Å². The van der Waals surface area contributed by atoms with E-state index in [0.717, 1.165) is 5.25 Å². The maximum absolute atomic E-state index is 5.55. The van der Waals surface area contributed by atoms with Crippen LogP contribution in [0.4, 0.5) is 0 Å². The van der Waals surface area contributed by atoms with Gasteiger partial charge in [-0.15, -0.1) is 0 Å². The molecule has 3 atom stereocenters. The van der Waals surface area contributed by atoms with Crippen molar-refractivity contribution in [2.75, 3.05) is 5.75 Å². The molecule has 0 aromatic rings. The fourth-order valence-corrected chi connectivity index (χ4v) is 3.47. The first-order chi connectivity index (χ1) is 5.92. The molecular formula is C9H17NOS. The number of nitrogens with one attached hydrogen (secondary N) is 1. The maximum Gasteiger partial charge on any atom is 0.0924 e. The lowest BCUT2D eigenvalue weighted by Gasteiger charge is -2.13. The summed E-state index contributed by atoms with van der Waals surface area (Å²) in [5.41, 5.74) is 3.16. The van der Waals surface area contributed by atoms with Gasteiger partial charge in [-0.05, 0) is 18.6 Å². The van der Waals surface area contributed by atoms with E-state index in [1.54, 1.807) is 0 Å². The molecule has 0 bridgehead atoms. The Kier molecular flexibility index (Phi) is 2.94. The van der Waals surface area contributed by atoms with Crippen molar-refractivity contribution in [1.29, 1.82) is 0 Å². The molecule has 0 spiro atoms. The van der Waals surface area contributed by atoms with Gasteiger partial charge in [0.25, 0.3) is 0 Å². The second-order valence-corrected chi connectivity index (χ2v) is 4.93. The Labute approximate surface area is 78.4 Å². The molecule has 0 saturated carbocycles. The lowest BCUT2D eigenvalue weighted by molar-refractivity contribution is 0.0213. The molecule has 12 heavy (non-hydrogen) atoms. The first kappa shape index (κ1) is 8.85. The van der Waals surface area contributed by atoms with Crippen LogP contribution in [0.1, 0.15) is 32.6 Å². The summed E-state index contributed by atoms with van der Waals surface area (Å²) in [4.78, 5) is 5.55. The summed E-state index contributed by atoms with van der Waals surface area (Å²) in [5.74, 6) is 1.31. The molecule has 70 valence electrons. The summed E-state index contributed by atoms with van der Waals surface area (Å²) in [5, 5.41) is 0.747. The predicted octanol–water partition coefficient (Wildman–Crippen LogP) is 1.95. The second kappa shape index (κ2) is 3.99. The van der Waals surface area contributed by atoms with Crippen LogP contribution in [0.2, 0.25) is 0 Å². The van der Waals surface area contributed by atoms with E-state index in [0.29, 0.717) is 12.1 Å². The molecule has 2 aliphatic rings. The van der Waals surface area contributed by atoms with Gasteiger partial charge in [-0.1, -0.05) is 19.8 Å². The van der Waals surface area contributed by atoms with Crippen LogP contribution < -0.4 is 5.48 Å². The molecule has 0 aliphatic carbocycles. The van der Waals surface area contributed by atoms with Gasteiger partial charge in [-0.2, -0.15) is 17.2 Å². The van der Waals surface area contributed by atoms with E-state index >= 15 is 0 Å². The summed E-state index contributed by atoms with van der Waals surface area (Å²) in [7, 11) is 0. The third-order valence-electron chi connectivity index (χ3n) is 2.72. The van der Waals surface area contributed by atoms with E-state index in [-0.39, 0.29) is 0 Å². The van der Waals surface area contributed by atoms with Gasteiger partial charge in [0.2, 0.25) is 0 Å². The smallest absolute Gasteiger partial charge is 0.0924 e. The molecule has 3 heteroatoms. The largest absolute Gasteiger partial charge is 0.297 e. The van der Waals surface area contributed by atoms with Crippen LogP contribution >= 0.6 is 11.8 Å². The summed E-state index contributed by atoms with van der Waals surface area (Å²) < 4.78 is 0. The standard InChI is InChI=1S/C9H17NOS/c1-2-3-4-8-9-7(10-11-8)5-6-12-9/h7-10H,2-6H2,1H3/t7-,8+,9+/m1/s1. The average molecular weight is 187 g/mol. The highest BCUT2D eigenvalue weighted by Gasteiger charge is 2.40. The lowest BCUT2D eigenvalue weighted by Crippen LogP contribution is -2.25. The zero-order valence-corrected chi connectivity index (χ0v) is 8.40. The van der Waals surface area contributed by atoms with Gasteiger partial charge in [-0.25, -0.2) is 0 Å². The van der Waals surface area contributed by atoms with Crippen molar-refractivity contribution in [3.8, 4) is 0 Å². The van der Waals surface area contributed by atoms with Crippen LogP contribution in [0.15, 0.2) is 0 Å². The minimum atomic E-state index is 0.488. The number of hydrogen-bond donors (Lipinski definition) is 1.